The zero-order valence-electron chi connectivity index (χ0n) is 12.2. The maximum Gasteiger partial charge on any atom is 0.0702 e. The Balaban J connectivity index is 1.85. The topological polar surface area (TPSA) is 29.3 Å². The molecule has 0 aromatic carbocycles. The van der Waals surface area contributed by atoms with E-state index >= 15 is 0 Å². The smallest absolute Gasteiger partial charge is 0.0702 e. The van der Waals surface area contributed by atoms with Crippen molar-refractivity contribution in [3.8, 4) is 0 Å². The van der Waals surface area contributed by atoms with Crippen LogP contribution in [0, 0.1) is 5.92 Å². The SMILES string of the molecule is CCC(N)C(c1ccc(Br)s1)N1CCC2CCCCC21. The van der Waals surface area contributed by atoms with Crippen LogP contribution in [0.5, 0.6) is 0 Å². The molecule has 0 spiro atoms. The minimum Gasteiger partial charge on any atom is -0.326 e. The lowest BCUT2D eigenvalue weighted by Crippen LogP contribution is -2.44. The van der Waals surface area contributed by atoms with Crippen LogP contribution in [0.25, 0.3) is 0 Å². The Morgan fingerprint density at radius 2 is 2.15 bits per heavy atom. The summed E-state index contributed by atoms with van der Waals surface area (Å²) in [6, 6.07) is 5.90. The average Bonchev–Trinajstić information content (AvgIpc) is 3.07. The third-order valence-electron chi connectivity index (χ3n) is 5.17. The van der Waals surface area contributed by atoms with Gasteiger partial charge in [0.1, 0.15) is 0 Å². The van der Waals surface area contributed by atoms with E-state index in [0.717, 1.165) is 18.4 Å². The summed E-state index contributed by atoms with van der Waals surface area (Å²) >= 11 is 5.47. The number of thiophene rings is 1. The molecule has 2 nitrogen and oxygen atoms in total. The van der Waals surface area contributed by atoms with Gasteiger partial charge in [-0.1, -0.05) is 19.8 Å². The van der Waals surface area contributed by atoms with Gasteiger partial charge >= 0.3 is 0 Å². The Bertz CT molecular complexity index is 447. The van der Waals surface area contributed by atoms with Crippen molar-refractivity contribution in [2.45, 2.75) is 63.6 Å². The Labute approximate surface area is 134 Å². The number of fused-ring (bicyclic) bond motifs is 1. The fraction of sp³-hybridized carbons (Fsp3) is 0.750. The summed E-state index contributed by atoms with van der Waals surface area (Å²) < 4.78 is 1.22. The highest BCUT2D eigenvalue weighted by molar-refractivity contribution is 9.11. The van der Waals surface area contributed by atoms with E-state index in [1.807, 2.05) is 11.3 Å². The Morgan fingerprint density at radius 3 is 2.85 bits per heavy atom. The van der Waals surface area contributed by atoms with Crippen LogP contribution in [0.4, 0.5) is 0 Å². The van der Waals surface area contributed by atoms with Crippen LogP contribution >= 0.6 is 27.3 Å². The predicted molar refractivity (Wildman–Crippen MR) is 90.1 cm³/mol. The first-order valence-electron chi connectivity index (χ1n) is 7.97. The van der Waals surface area contributed by atoms with Crippen LogP contribution in [0.2, 0.25) is 0 Å². The molecule has 2 N–H and O–H groups in total. The molecule has 112 valence electrons. The molecule has 0 amide bonds. The van der Waals surface area contributed by atoms with E-state index in [0.29, 0.717) is 6.04 Å². The molecule has 1 saturated heterocycles. The van der Waals surface area contributed by atoms with Gasteiger partial charge in [0.05, 0.1) is 9.83 Å². The normalized spacial score (nSPS) is 30.1. The second kappa shape index (κ2) is 6.47. The van der Waals surface area contributed by atoms with Gasteiger partial charge in [0, 0.05) is 17.0 Å². The molecule has 2 heterocycles. The van der Waals surface area contributed by atoms with Crippen molar-refractivity contribution in [3.63, 3.8) is 0 Å². The van der Waals surface area contributed by atoms with Crippen LogP contribution in [0.15, 0.2) is 15.9 Å². The predicted octanol–water partition coefficient (Wildman–Crippen LogP) is 4.55. The van der Waals surface area contributed by atoms with Crippen LogP contribution in [-0.2, 0) is 0 Å². The van der Waals surface area contributed by atoms with Crippen LogP contribution < -0.4 is 5.73 Å². The summed E-state index contributed by atoms with van der Waals surface area (Å²) in [4.78, 5) is 4.19. The molecule has 0 bridgehead atoms. The maximum atomic E-state index is 6.51. The zero-order valence-corrected chi connectivity index (χ0v) is 14.6. The van der Waals surface area contributed by atoms with Crippen LogP contribution in [0.3, 0.4) is 0 Å². The quantitative estimate of drug-likeness (QED) is 0.856. The molecular weight excluding hydrogens is 332 g/mol. The van der Waals surface area contributed by atoms with E-state index in [4.69, 9.17) is 5.73 Å². The summed E-state index contributed by atoms with van der Waals surface area (Å²) in [6.45, 7) is 3.46. The summed E-state index contributed by atoms with van der Waals surface area (Å²) in [7, 11) is 0. The van der Waals surface area contributed by atoms with Gasteiger partial charge in [0.15, 0.2) is 0 Å². The number of nitrogens with zero attached hydrogens (tertiary/aromatic N) is 1. The van der Waals surface area contributed by atoms with Crippen molar-refractivity contribution in [2.75, 3.05) is 6.54 Å². The molecule has 2 fully saturated rings. The summed E-state index contributed by atoms with van der Waals surface area (Å²) in [5.41, 5.74) is 6.51. The zero-order chi connectivity index (χ0) is 14.1. The minimum absolute atomic E-state index is 0.251. The highest BCUT2D eigenvalue weighted by Crippen LogP contribution is 2.43. The fourth-order valence-electron chi connectivity index (χ4n) is 4.12. The van der Waals surface area contributed by atoms with Crippen molar-refractivity contribution in [2.24, 2.45) is 11.7 Å². The van der Waals surface area contributed by atoms with Gasteiger partial charge in [-0.25, -0.2) is 0 Å². The second-order valence-electron chi connectivity index (χ2n) is 6.30. The third kappa shape index (κ3) is 2.85. The Hall–Kier alpha value is 0.1000. The summed E-state index contributed by atoms with van der Waals surface area (Å²) in [6.07, 6.45) is 8.08. The fourth-order valence-corrected chi connectivity index (χ4v) is 5.74. The molecule has 4 unspecified atom stereocenters. The molecule has 4 atom stereocenters. The summed E-state index contributed by atoms with van der Waals surface area (Å²) in [5.74, 6) is 0.929. The molecule has 1 aromatic heterocycles. The lowest BCUT2D eigenvalue weighted by atomic mass is 9.84. The minimum atomic E-state index is 0.251. The van der Waals surface area contributed by atoms with Gasteiger partial charge in [-0.15, -0.1) is 11.3 Å². The van der Waals surface area contributed by atoms with E-state index in [1.54, 1.807) is 0 Å². The van der Waals surface area contributed by atoms with Gasteiger partial charge < -0.3 is 5.73 Å². The van der Waals surface area contributed by atoms with Gasteiger partial charge in [0.25, 0.3) is 0 Å². The lowest BCUT2D eigenvalue weighted by Gasteiger charge is -2.39. The maximum absolute atomic E-state index is 6.51. The molecule has 1 aliphatic carbocycles. The number of likely N-dealkylation sites (tertiary alicyclic amines) is 1. The van der Waals surface area contributed by atoms with E-state index in [9.17, 15) is 0 Å². The van der Waals surface area contributed by atoms with Gasteiger partial charge in [-0.2, -0.15) is 0 Å². The monoisotopic (exact) mass is 356 g/mol. The standard InChI is InChI=1S/C16H25BrN2S/c1-2-12(18)16(14-7-8-15(17)20-14)19-10-9-11-5-3-4-6-13(11)19/h7-8,11-13,16H,2-6,9-10,18H2,1H3. The Kier molecular flexibility index (Phi) is 4.86. The first kappa shape index (κ1) is 15.0. The molecule has 20 heavy (non-hydrogen) atoms. The average molecular weight is 357 g/mol. The lowest BCUT2D eigenvalue weighted by molar-refractivity contribution is 0.116. The van der Waals surface area contributed by atoms with E-state index in [1.165, 1.54) is 47.3 Å². The van der Waals surface area contributed by atoms with Crippen molar-refractivity contribution in [1.29, 1.82) is 0 Å². The number of rotatable bonds is 4. The molecule has 1 aromatic rings. The molecule has 4 heteroatoms. The first-order valence-corrected chi connectivity index (χ1v) is 9.58. The number of hydrogen-bond donors (Lipinski definition) is 1. The van der Waals surface area contributed by atoms with Gasteiger partial charge in [0.2, 0.25) is 0 Å². The van der Waals surface area contributed by atoms with E-state index < -0.39 is 0 Å². The highest BCUT2D eigenvalue weighted by Gasteiger charge is 2.41. The van der Waals surface area contributed by atoms with Crippen molar-refractivity contribution in [1.82, 2.24) is 4.90 Å². The molecule has 2 aliphatic rings. The van der Waals surface area contributed by atoms with Gasteiger partial charge in [-0.05, 0) is 66.2 Å². The molecule has 0 radical (unpaired) electrons. The molecule has 3 rings (SSSR count). The summed E-state index contributed by atoms with van der Waals surface area (Å²) in [5, 5.41) is 0. The van der Waals surface area contributed by atoms with E-state index in [-0.39, 0.29) is 6.04 Å². The number of halogens is 1. The van der Waals surface area contributed by atoms with Crippen molar-refractivity contribution in [3.05, 3.63) is 20.8 Å². The van der Waals surface area contributed by atoms with Gasteiger partial charge in [-0.3, -0.25) is 4.90 Å². The highest BCUT2D eigenvalue weighted by atomic mass is 79.9. The largest absolute Gasteiger partial charge is 0.326 e. The van der Waals surface area contributed by atoms with E-state index in [2.05, 4.69) is 39.9 Å². The number of hydrogen-bond acceptors (Lipinski definition) is 3. The Morgan fingerprint density at radius 1 is 1.35 bits per heavy atom. The molecule has 1 saturated carbocycles. The third-order valence-corrected chi connectivity index (χ3v) is 6.87. The molecule has 1 aliphatic heterocycles. The van der Waals surface area contributed by atoms with Crippen molar-refractivity contribution < 1.29 is 0 Å². The van der Waals surface area contributed by atoms with Crippen molar-refractivity contribution >= 4 is 27.3 Å². The molecular formula is C16H25BrN2S. The van der Waals surface area contributed by atoms with Crippen LogP contribution in [0.1, 0.15) is 56.4 Å². The first-order chi connectivity index (χ1) is 9.70. The van der Waals surface area contributed by atoms with Crippen LogP contribution in [-0.4, -0.2) is 23.5 Å². The second-order valence-corrected chi connectivity index (χ2v) is 8.79. The number of nitrogens with two attached hydrogens (primary N) is 1.